The maximum atomic E-state index is 5.95. The van der Waals surface area contributed by atoms with Gasteiger partial charge in [0.05, 0.1) is 12.6 Å². The summed E-state index contributed by atoms with van der Waals surface area (Å²) in [5.74, 6) is 0.758. The van der Waals surface area contributed by atoms with Crippen molar-refractivity contribution in [2.45, 2.75) is 6.92 Å². The van der Waals surface area contributed by atoms with Crippen LogP contribution in [-0.4, -0.2) is 17.1 Å². The molecular weight excluding hydrogens is 235 g/mol. The molecule has 0 spiro atoms. The Bertz CT molecular complexity index is 528. The number of aromatic nitrogens is 2. The molecule has 0 radical (unpaired) electrons. The van der Waals surface area contributed by atoms with E-state index in [-0.39, 0.29) is 5.28 Å². The number of aryl methyl sites for hydroxylation is 1. The van der Waals surface area contributed by atoms with Crippen LogP contribution in [0.1, 0.15) is 5.56 Å². The molecule has 1 aromatic carbocycles. The minimum atomic E-state index is 0.142. The molecule has 15 heavy (non-hydrogen) atoms. The summed E-state index contributed by atoms with van der Waals surface area (Å²) in [6.45, 7) is 1.90. The van der Waals surface area contributed by atoms with Gasteiger partial charge in [-0.1, -0.05) is 11.6 Å². The van der Waals surface area contributed by atoms with Crippen molar-refractivity contribution >= 4 is 34.1 Å². The molecular formula is C10H8Cl2N2O. The standard InChI is InChI=1S/C10H8Cl2N2O/c1-5-7(15-2)4-3-6-8(5)13-10(12)14-9(6)11/h3-4H,1-2H3. The van der Waals surface area contributed by atoms with Crippen LogP contribution in [0.3, 0.4) is 0 Å². The molecule has 1 aromatic heterocycles. The zero-order valence-electron chi connectivity index (χ0n) is 8.21. The first-order valence-electron chi connectivity index (χ1n) is 4.30. The van der Waals surface area contributed by atoms with Crippen molar-refractivity contribution in [3.05, 3.63) is 28.1 Å². The highest BCUT2D eigenvalue weighted by Crippen LogP contribution is 2.29. The second-order valence-electron chi connectivity index (χ2n) is 3.07. The van der Waals surface area contributed by atoms with E-state index in [9.17, 15) is 0 Å². The molecule has 0 aliphatic rings. The first-order chi connectivity index (χ1) is 7.13. The van der Waals surface area contributed by atoms with Gasteiger partial charge in [-0.05, 0) is 30.7 Å². The summed E-state index contributed by atoms with van der Waals surface area (Å²) in [6.07, 6.45) is 0. The summed E-state index contributed by atoms with van der Waals surface area (Å²) < 4.78 is 5.19. The lowest BCUT2D eigenvalue weighted by atomic mass is 10.1. The molecule has 0 aliphatic heterocycles. The average molecular weight is 243 g/mol. The Morgan fingerprint density at radius 2 is 1.93 bits per heavy atom. The van der Waals surface area contributed by atoms with Gasteiger partial charge in [0.25, 0.3) is 0 Å². The summed E-state index contributed by atoms with van der Waals surface area (Å²) in [4.78, 5) is 8.01. The summed E-state index contributed by atoms with van der Waals surface area (Å²) in [6, 6.07) is 3.65. The lowest BCUT2D eigenvalue weighted by molar-refractivity contribution is 0.412. The third-order valence-corrected chi connectivity index (χ3v) is 2.68. The van der Waals surface area contributed by atoms with Gasteiger partial charge in [0, 0.05) is 10.9 Å². The van der Waals surface area contributed by atoms with Gasteiger partial charge in [-0.25, -0.2) is 9.97 Å². The van der Waals surface area contributed by atoms with Crippen LogP contribution in [0.15, 0.2) is 12.1 Å². The Balaban J connectivity index is 2.86. The predicted octanol–water partition coefficient (Wildman–Crippen LogP) is 3.25. The molecule has 0 N–H and O–H groups in total. The number of methoxy groups -OCH3 is 1. The van der Waals surface area contributed by atoms with E-state index in [0.717, 1.165) is 22.2 Å². The molecule has 1 heterocycles. The number of nitrogens with zero attached hydrogens (tertiary/aromatic N) is 2. The van der Waals surface area contributed by atoms with Crippen molar-refractivity contribution in [3.8, 4) is 5.75 Å². The topological polar surface area (TPSA) is 35.0 Å². The first-order valence-corrected chi connectivity index (χ1v) is 5.05. The van der Waals surface area contributed by atoms with E-state index in [1.54, 1.807) is 7.11 Å². The van der Waals surface area contributed by atoms with Crippen LogP contribution in [0.25, 0.3) is 10.9 Å². The third-order valence-electron chi connectivity index (χ3n) is 2.22. The molecule has 2 rings (SSSR count). The van der Waals surface area contributed by atoms with Crippen molar-refractivity contribution in [3.63, 3.8) is 0 Å². The maximum absolute atomic E-state index is 5.95. The van der Waals surface area contributed by atoms with E-state index in [0.29, 0.717) is 5.15 Å². The third kappa shape index (κ3) is 1.73. The number of hydrogen-bond donors (Lipinski definition) is 0. The summed E-state index contributed by atoms with van der Waals surface area (Å²) >= 11 is 11.7. The normalized spacial score (nSPS) is 10.7. The lowest BCUT2D eigenvalue weighted by Gasteiger charge is -2.07. The molecule has 0 unspecified atom stereocenters. The highest BCUT2D eigenvalue weighted by atomic mass is 35.5. The fourth-order valence-corrected chi connectivity index (χ4v) is 1.92. The minimum absolute atomic E-state index is 0.142. The van der Waals surface area contributed by atoms with Crippen LogP contribution in [0.2, 0.25) is 10.4 Å². The second-order valence-corrected chi connectivity index (χ2v) is 3.77. The zero-order valence-corrected chi connectivity index (χ0v) is 9.73. The van der Waals surface area contributed by atoms with Crippen LogP contribution >= 0.6 is 23.2 Å². The SMILES string of the molecule is COc1ccc2c(Cl)nc(Cl)nc2c1C. The largest absolute Gasteiger partial charge is 0.496 e. The molecule has 2 aromatic rings. The number of rotatable bonds is 1. The van der Waals surface area contributed by atoms with Gasteiger partial charge in [-0.2, -0.15) is 0 Å². The van der Waals surface area contributed by atoms with Gasteiger partial charge in [-0.3, -0.25) is 0 Å². The summed E-state index contributed by atoms with van der Waals surface area (Å²) in [5.41, 5.74) is 1.63. The van der Waals surface area contributed by atoms with Gasteiger partial charge < -0.3 is 4.74 Å². The van der Waals surface area contributed by atoms with Crippen LogP contribution in [-0.2, 0) is 0 Å². The van der Waals surface area contributed by atoms with Crippen molar-refractivity contribution < 1.29 is 4.74 Å². The number of ether oxygens (including phenoxy) is 1. The summed E-state index contributed by atoms with van der Waals surface area (Å²) in [5, 5.41) is 1.28. The highest BCUT2D eigenvalue weighted by molar-refractivity contribution is 6.35. The lowest BCUT2D eigenvalue weighted by Crippen LogP contribution is -1.93. The number of benzene rings is 1. The Morgan fingerprint density at radius 3 is 2.60 bits per heavy atom. The van der Waals surface area contributed by atoms with E-state index in [4.69, 9.17) is 27.9 Å². The number of halogens is 2. The van der Waals surface area contributed by atoms with Crippen molar-refractivity contribution in [1.29, 1.82) is 0 Å². The van der Waals surface area contributed by atoms with Crippen LogP contribution < -0.4 is 4.74 Å². The average Bonchev–Trinajstić information content (AvgIpc) is 2.19. The summed E-state index contributed by atoms with van der Waals surface area (Å²) in [7, 11) is 1.61. The maximum Gasteiger partial charge on any atom is 0.224 e. The Labute approximate surface area is 97.0 Å². The van der Waals surface area contributed by atoms with E-state index < -0.39 is 0 Å². The quantitative estimate of drug-likeness (QED) is 0.569. The predicted molar refractivity (Wildman–Crippen MR) is 60.8 cm³/mol. The molecule has 0 saturated heterocycles. The highest BCUT2D eigenvalue weighted by Gasteiger charge is 2.10. The Morgan fingerprint density at radius 1 is 1.20 bits per heavy atom. The van der Waals surface area contributed by atoms with E-state index in [1.807, 2.05) is 19.1 Å². The van der Waals surface area contributed by atoms with E-state index >= 15 is 0 Å². The number of fused-ring (bicyclic) bond motifs is 1. The van der Waals surface area contributed by atoms with Gasteiger partial charge >= 0.3 is 0 Å². The molecule has 0 bridgehead atoms. The van der Waals surface area contributed by atoms with Crippen molar-refractivity contribution in [1.82, 2.24) is 9.97 Å². The molecule has 0 aliphatic carbocycles. The van der Waals surface area contributed by atoms with Crippen molar-refractivity contribution in [2.75, 3.05) is 7.11 Å². The molecule has 0 atom stereocenters. The zero-order chi connectivity index (χ0) is 11.0. The van der Waals surface area contributed by atoms with E-state index in [1.165, 1.54) is 0 Å². The van der Waals surface area contributed by atoms with Crippen LogP contribution in [0.5, 0.6) is 5.75 Å². The van der Waals surface area contributed by atoms with Gasteiger partial charge in [-0.15, -0.1) is 0 Å². The van der Waals surface area contributed by atoms with Crippen molar-refractivity contribution in [2.24, 2.45) is 0 Å². The van der Waals surface area contributed by atoms with Gasteiger partial charge in [0.15, 0.2) is 0 Å². The molecule has 0 amide bonds. The second kappa shape index (κ2) is 3.83. The Hall–Kier alpha value is -1.06. The fourth-order valence-electron chi connectivity index (χ4n) is 1.47. The molecule has 0 saturated carbocycles. The molecule has 0 fully saturated rings. The Kier molecular flexibility index (Phi) is 2.67. The monoisotopic (exact) mass is 242 g/mol. The first kappa shape index (κ1) is 10.5. The van der Waals surface area contributed by atoms with Crippen LogP contribution in [0, 0.1) is 6.92 Å². The van der Waals surface area contributed by atoms with E-state index in [2.05, 4.69) is 9.97 Å². The fraction of sp³-hybridized carbons (Fsp3) is 0.200. The minimum Gasteiger partial charge on any atom is -0.496 e. The molecule has 5 heteroatoms. The van der Waals surface area contributed by atoms with Gasteiger partial charge in [0.1, 0.15) is 10.9 Å². The number of hydrogen-bond acceptors (Lipinski definition) is 3. The molecule has 3 nitrogen and oxygen atoms in total. The van der Waals surface area contributed by atoms with Gasteiger partial charge in [0.2, 0.25) is 5.28 Å². The smallest absolute Gasteiger partial charge is 0.224 e. The van der Waals surface area contributed by atoms with Crippen LogP contribution in [0.4, 0.5) is 0 Å². The molecule has 78 valence electrons.